The van der Waals surface area contributed by atoms with Gasteiger partial charge in [-0.05, 0) is 50.9 Å². The molecule has 1 heterocycles. The van der Waals surface area contributed by atoms with Crippen molar-refractivity contribution >= 4 is 0 Å². The van der Waals surface area contributed by atoms with Gasteiger partial charge in [0.25, 0.3) is 0 Å². The molecule has 0 saturated carbocycles. The second-order valence-corrected chi connectivity index (χ2v) is 6.13. The van der Waals surface area contributed by atoms with Crippen molar-refractivity contribution in [1.29, 1.82) is 0 Å². The van der Waals surface area contributed by atoms with Gasteiger partial charge in [0.05, 0.1) is 0 Å². The second kappa shape index (κ2) is 5.85. The minimum Gasteiger partial charge on any atom is -0.310 e. The number of piperidine rings is 1. The number of benzene rings is 1. The van der Waals surface area contributed by atoms with Gasteiger partial charge in [-0.15, -0.1) is 0 Å². The Balaban J connectivity index is 1.84. The summed E-state index contributed by atoms with van der Waals surface area (Å²) in [6, 6.07) is 11.2. The molecule has 0 radical (unpaired) electrons. The topological polar surface area (TPSA) is 15.3 Å². The molecule has 0 bridgehead atoms. The third kappa shape index (κ3) is 3.56. The van der Waals surface area contributed by atoms with Crippen molar-refractivity contribution in [3.05, 3.63) is 35.9 Å². The van der Waals surface area contributed by atoms with Crippen molar-refractivity contribution in [1.82, 2.24) is 10.2 Å². The van der Waals surface area contributed by atoms with E-state index in [9.17, 15) is 0 Å². The van der Waals surface area contributed by atoms with Gasteiger partial charge >= 0.3 is 0 Å². The van der Waals surface area contributed by atoms with Crippen LogP contribution in [0.15, 0.2) is 30.3 Å². The van der Waals surface area contributed by atoms with Gasteiger partial charge in [0.1, 0.15) is 0 Å². The highest BCUT2D eigenvalue weighted by Crippen LogP contribution is 2.30. The van der Waals surface area contributed by atoms with Crippen LogP contribution in [-0.4, -0.2) is 31.6 Å². The highest BCUT2D eigenvalue weighted by Gasteiger charge is 2.28. The lowest BCUT2D eigenvalue weighted by atomic mass is 9.80. The smallest absolute Gasteiger partial charge is 0.0292 e. The van der Waals surface area contributed by atoms with Gasteiger partial charge in [0.2, 0.25) is 0 Å². The maximum atomic E-state index is 3.71. The summed E-state index contributed by atoms with van der Waals surface area (Å²) in [7, 11) is 2.22. The van der Waals surface area contributed by atoms with Crippen molar-refractivity contribution in [2.45, 2.75) is 32.7 Å². The molecular weight excluding hydrogens is 220 g/mol. The van der Waals surface area contributed by atoms with E-state index in [1.54, 1.807) is 0 Å². The Morgan fingerprint density at radius 3 is 2.44 bits per heavy atom. The van der Waals surface area contributed by atoms with E-state index in [1.807, 2.05) is 0 Å². The van der Waals surface area contributed by atoms with E-state index < -0.39 is 0 Å². The normalized spacial score (nSPS) is 21.7. The summed E-state index contributed by atoms with van der Waals surface area (Å²) in [5, 5.41) is 3.71. The number of nitrogens with one attached hydrogen (secondary N) is 1. The molecule has 1 aromatic carbocycles. The van der Waals surface area contributed by atoms with Crippen LogP contribution in [0.1, 0.15) is 38.3 Å². The molecule has 1 aliphatic heterocycles. The van der Waals surface area contributed by atoms with Crippen LogP contribution in [-0.2, 0) is 0 Å². The van der Waals surface area contributed by atoms with E-state index in [1.165, 1.54) is 31.5 Å². The first-order valence-corrected chi connectivity index (χ1v) is 7.06. The van der Waals surface area contributed by atoms with Crippen LogP contribution < -0.4 is 5.32 Å². The summed E-state index contributed by atoms with van der Waals surface area (Å²) in [5.74, 6) is 0. The van der Waals surface area contributed by atoms with Crippen LogP contribution in [0.5, 0.6) is 0 Å². The number of likely N-dealkylation sites (tertiary alicyclic amines) is 1. The van der Waals surface area contributed by atoms with E-state index in [0.29, 0.717) is 11.5 Å². The first-order valence-electron chi connectivity index (χ1n) is 7.06. The van der Waals surface area contributed by atoms with Crippen LogP contribution in [0.25, 0.3) is 0 Å². The molecule has 18 heavy (non-hydrogen) atoms. The van der Waals surface area contributed by atoms with Gasteiger partial charge in [-0.25, -0.2) is 0 Å². The van der Waals surface area contributed by atoms with Gasteiger partial charge in [-0.1, -0.05) is 37.3 Å². The Hall–Kier alpha value is -0.860. The first-order chi connectivity index (χ1) is 8.59. The molecule has 100 valence electrons. The second-order valence-electron chi connectivity index (χ2n) is 6.13. The van der Waals surface area contributed by atoms with Crippen LogP contribution in [0.2, 0.25) is 0 Å². The van der Waals surface area contributed by atoms with Crippen molar-refractivity contribution in [2.75, 3.05) is 26.7 Å². The third-order valence-electron chi connectivity index (χ3n) is 4.33. The zero-order valence-electron chi connectivity index (χ0n) is 11.9. The van der Waals surface area contributed by atoms with Crippen LogP contribution >= 0.6 is 0 Å². The summed E-state index contributed by atoms with van der Waals surface area (Å²) in [6.45, 7) is 8.27. The maximum Gasteiger partial charge on any atom is 0.0292 e. The SMILES string of the molecule is CC(NCC1(C)CCN(C)CC1)c1ccccc1. The summed E-state index contributed by atoms with van der Waals surface area (Å²) in [5.41, 5.74) is 1.85. The van der Waals surface area contributed by atoms with E-state index in [0.717, 1.165) is 6.54 Å². The predicted octanol–water partition coefficient (Wildman–Crippen LogP) is 3.07. The largest absolute Gasteiger partial charge is 0.310 e. The van der Waals surface area contributed by atoms with Gasteiger partial charge < -0.3 is 10.2 Å². The fourth-order valence-corrected chi connectivity index (χ4v) is 2.59. The number of rotatable bonds is 4. The quantitative estimate of drug-likeness (QED) is 0.878. The lowest BCUT2D eigenvalue weighted by Crippen LogP contribution is -2.42. The molecule has 2 nitrogen and oxygen atoms in total. The number of nitrogens with zero attached hydrogens (tertiary/aromatic N) is 1. The Morgan fingerprint density at radius 2 is 1.83 bits per heavy atom. The first kappa shape index (κ1) is 13.6. The minimum absolute atomic E-state index is 0.447. The fraction of sp³-hybridized carbons (Fsp3) is 0.625. The molecular formula is C16H26N2. The highest BCUT2D eigenvalue weighted by molar-refractivity contribution is 5.18. The molecule has 1 fully saturated rings. The molecule has 2 heteroatoms. The monoisotopic (exact) mass is 246 g/mol. The van der Waals surface area contributed by atoms with Crippen LogP contribution in [0.4, 0.5) is 0 Å². The average Bonchev–Trinajstić information content (AvgIpc) is 2.41. The molecule has 2 rings (SSSR count). The standard InChI is InChI=1S/C16H26N2/c1-14(15-7-5-4-6-8-15)17-13-16(2)9-11-18(3)12-10-16/h4-8,14,17H,9-13H2,1-3H3. The Labute approximate surface area is 111 Å². The van der Waals surface area contributed by atoms with E-state index >= 15 is 0 Å². The molecule has 1 unspecified atom stereocenters. The van der Waals surface area contributed by atoms with Crippen LogP contribution in [0.3, 0.4) is 0 Å². The Bertz CT molecular complexity index is 353. The third-order valence-corrected chi connectivity index (χ3v) is 4.33. The molecule has 0 aliphatic carbocycles. The number of hydrogen-bond donors (Lipinski definition) is 1. The van der Waals surface area contributed by atoms with E-state index in [2.05, 4.69) is 61.4 Å². The molecule has 1 atom stereocenters. The van der Waals surface area contributed by atoms with Gasteiger partial charge in [0, 0.05) is 12.6 Å². The zero-order valence-corrected chi connectivity index (χ0v) is 11.9. The summed E-state index contributed by atoms with van der Waals surface area (Å²) < 4.78 is 0. The Kier molecular flexibility index (Phi) is 4.41. The molecule has 1 saturated heterocycles. The van der Waals surface area contributed by atoms with Crippen molar-refractivity contribution in [2.24, 2.45) is 5.41 Å². The number of hydrogen-bond acceptors (Lipinski definition) is 2. The van der Waals surface area contributed by atoms with Gasteiger partial charge in [-0.3, -0.25) is 0 Å². The maximum absolute atomic E-state index is 3.71. The van der Waals surface area contributed by atoms with Crippen molar-refractivity contribution in [3.8, 4) is 0 Å². The van der Waals surface area contributed by atoms with Crippen molar-refractivity contribution < 1.29 is 0 Å². The summed E-state index contributed by atoms with van der Waals surface area (Å²) >= 11 is 0. The van der Waals surface area contributed by atoms with Crippen LogP contribution in [0, 0.1) is 5.41 Å². The zero-order chi connectivity index (χ0) is 13.0. The molecule has 0 spiro atoms. The molecule has 1 aliphatic rings. The lowest BCUT2D eigenvalue weighted by Gasteiger charge is -2.38. The highest BCUT2D eigenvalue weighted by atomic mass is 15.1. The average molecular weight is 246 g/mol. The fourth-order valence-electron chi connectivity index (χ4n) is 2.59. The molecule has 1 aromatic rings. The molecule has 0 amide bonds. The predicted molar refractivity (Wildman–Crippen MR) is 77.7 cm³/mol. The van der Waals surface area contributed by atoms with Gasteiger partial charge in [0.15, 0.2) is 0 Å². The Morgan fingerprint density at radius 1 is 1.22 bits per heavy atom. The van der Waals surface area contributed by atoms with Gasteiger partial charge in [-0.2, -0.15) is 0 Å². The molecule has 0 aromatic heterocycles. The van der Waals surface area contributed by atoms with E-state index in [4.69, 9.17) is 0 Å². The summed E-state index contributed by atoms with van der Waals surface area (Å²) in [4.78, 5) is 2.43. The lowest BCUT2D eigenvalue weighted by molar-refractivity contribution is 0.134. The minimum atomic E-state index is 0.447. The molecule has 1 N–H and O–H groups in total. The summed E-state index contributed by atoms with van der Waals surface area (Å²) in [6.07, 6.45) is 2.61. The van der Waals surface area contributed by atoms with E-state index in [-0.39, 0.29) is 0 Å². The van der Waals surface area contributed by atoms with Crippen molar-refractivity contribution in [3.63, 3.8) is 0 Å².